The second-order valence-corrected chi connectivity index (χ2v) is 7.93. The maximum absolute atomic E-state index is 12.8. The van der Waals surface area contributed by atoms with Gasteiger partial charge in [0.2, 0.25) is 9.84 Å². The molecular formula is C20H20N2O4S. The number of unbranched alkanes of at least 4 members (excludes halogenated alkanes) is 1. The summed E-state index contributed by atoms with van der Waals surface area (Å²) in [5.74, 6) is -0.447. The van der Waals surface area contributed by atoms with Gasteiger partial charge in [0, 0.05) is 18.1 Å². The van der Waals surface area contributed by atoms with E-state index in [-0.39, 0.29) is 9.79 Å². The normalized spacial score (nSPS) is 11.3. The number of ether oxygens (including phenoxy) is 1. The number of hydrogen-bond acceptors (Lipinski definition) is 5. The lowest BCUT2D eigenvalue weighted by molar-refractivity contribution is 0.0499. The Labute approximate surface area is 158 Å². The number of sulfone groups is 1. The summed E-state index contributed by atoms with van der Waals surface area (Å²) in [6, 6.07) is 12.3. The van der Waals surface area contributed by atoms with Crippen LogP contribution in [0.4, 0.5) is 0 Å². The van der Waals surface area contributed by atoms with E-state index in [9.17, 15) is 13.2 Å². The van der Waals surface area contributed by atoms with Crippen LogP contribution in [-0.4, -0.2) is 30.5 Å². The van der Waals surface area contributed by atoms with Crippen LogP contribution in [0.25, 0.3) is 5.69 Å². The molecule has 2 aromatic carbocycles. The highest BCUT2D eigenvalue weighted by molar-refractivity contribution is 7.91. The smallest absolute Gasteiger partial charge is 0.338 e. The molecule has 0 spiro atoms. The second-order valence-electron chi connectivity index (χ2n) is 5.98. The van der Waals surface area contributed by atoms with Crippen LogP contribution in [0, 0.1) is 0 Å². The van der Waals surface area contributed by atoms with Crippen LogP contribution in [0.15, 0.2) is 77.0 Å². The van der Waals surface area contributed by atoms with Crippen molar-refractivity contribution in [2.45, 2.75) is 29.6 Å². The third-order valence-electron chi connectivity index (χ3n) is 4.08. The Kier molecular flexibility index (Phi) is 5.71. The van der Waals surface area contributed by atoms with Gasteiger partial charge in [0.1, 0.15) is 0 Å². The molecule has 0 amide bonds. The highest BCUT2D eigenvalue weighted by atomic mass is 32.2. The molecule has 0 aliphatic carbocycles. The number of aromatic nitrogens is 2. The van der Waals surface area contributed by atoms with Gasteiger partial charge in [0.05, 0.1) is 28.3 Å². The highest BCUT2D eigenvalue weighted by Gasteiger charge is 2.18. The lowest BCUT2D eigenvalue weighted by atomic mass is 10.2. The SMILES string of the molecule is CCCCOC(=O)c1ccc(S(=O)(=O)c2ccc(-n3ccnc3)cc2)cc1. The number of rotatable bonds is 7. The van der Waals surface area contributed by atoms with Crippen LogP contribution >= 0.6 is 0 Å². The lowest BCUT2D eigenvalue weighted by Gasteiger charge is -2.08. The molecule has 1 aromatic heterocycles. The van der Waals surface area contributed by atoms with Gasteiger partial charge in [-0.25, -0.2) is 18.2 Å². The minimum absolute atomic E-state index is 0.128. The lowest BCUT2D eigenvalue weighted by Crippen LogP contribution is -2.07. The van der Waals surface area contributed by atoms with E-state index in [0.29, 0.717) is 12.2 Å². The molecule has 0 aliphatic heterocycles. The van der Waals surface area contributed by atoms with Gasteiger partial charge in [0.25, 0.3) is 0 Å². The average Bonchev–Trinajstić information content (AvgIpc) is 3.23. The first-order valence-corrected chi connectivity index (χ1v) is 10.1. The Hall–Kier alpha value is -2.93. The van der Waals surface area contributed by atoms with Gasteiger partial charge in [-0.1, -0.05) is 13.3 Å². The first-order valence-electron chi connectivity index (χ1n) is 8.63. The van der Waals surface area contributed by atoms with Crippen LogP contribution in [0.1, 0.15) is 30.1 Å². The molecule has 0 saturated heterocycles. The van der Waals surface area contributed by atoms with Crippen LogP contribution in [0.5, 0.6) is 0 Å². The van der Waals surface area contributed by atoms with E-state index in [4.69, 9.17) is 4.74 Å². The van der Waals surface area contributed by atoms with E-state index in [0.717, 1.165) is 18.5 Å². The Morgan fingerprint density at radius 3 is 2.22 bits per heavy atom. The molecule has 7 heteroatoms. The van der Waals surface area contributed by atoms with Gasteiger partial charge >= 0.3 is 5.97 Å². The van der Waals surface area contributed by atoms with Crippen molar-refractivity contribution in [3.05, 3.63) is 72.8 Å². The van der Waals surface area contributed by atoms with Crippen molar-refractivity contribution in [3.8, 4) is 5.69 Å². The number of nitrogens with zero attached hydrogens (tertiary/aromatic N) is 2. The molecule has 3 aromatic rings. The van der Waals surface area contributed by atoms with E-state index in [1.54, 1.807) is 47.6 Å². The molecule has 140 valence electrons. The predicted octanol–water partition coefficient (Wildman–Crippen LogP) is 3.66. The summed E-state index contributed by atoms with van der Waals surface area (Å²) in [5, 5.41) is 0. The van der Waals surface area contributed by atoms with Crippen molar-refractivity contribution >= 4 is 15.8 Å². The van der Waals surface area contributed by atoms with E-state index in [1.165, 1.54) is 24.3 Å². The fraction of sp³-hybridized carbons (Fsp3) is 0.200. The number of carbonyl (C=O) groups excluding carboxylic acids is 1. The number of benzene rings is 2. The topological polar surface area (TPSA) is 78.3 Å². The first-order chi connectivity index (χ1) is 13.0. The van der Waals surface area contributed by atoms with Gasteiger partial charge in [0.15, 0.2) is 0 Å². The zero-order valence-electron chi connectivity index (χ0n) is 14.9. The molecule has 0 N–H and O–H groups in total. The predicted molar refractivity (Wildman–Crippen MR) is 101 cm³/mol. The fourth-order valence-electron chi connectivity index (χ4n) is 2.51. The monoisotopic (exact) mass is 384 g/mol. The average molecular weight is 384 g/mol. The Balaban J connectivity index is 1.77. The third-order valence-corrected chi connectivity index (χ3v) is 5.87. The largest absolute Gasteiger partial charge is 0.462 e. The van der Waals surface area contributed by atoms with Gasteiger partial charge in [-0.2, -0.15) is 0 Å². The molecule has 1 heterocycles. The quantitative estimate of drug-likeness (QED) is 0.459. The molecule has 0 unspecified atom stereocenters. The van der Waals surface area contributed by atoms with Crippen LogP contribution < -0.4 is 0 Å². The standard InChI is InChI=1S/C20H20N2O4S/c1-2-3-14-26-20(23)16-4-8-18(9-5-16)27(24,25)19-10-6-17(7-11-19)22-13-12-21-15-22/h4-13,15H,2-3,14H2,1H3. The van der Waals surface area contributed by atoms with Crippen LogP contribution in [0.2, 0.25) is 0 Å². The fourth-order valence-corrected chi connectivity index (χ4v) is 3.77. The maximum atomic E-state index is 12.8. The van der Waals surface area contributed by atoms with Crippen LogP contribution in [0.3, 0.4) is 0 Å². The van der Waals surface area contributed by atoms with Crippen molar-refractivity contribution in [2.24, 2.45) is 0 Å². The van der Waals surface area contributed by atoms with Gasteiger partial charge in [-0.3, -0.25) is 0 Å². The molecule has 0 saturated carbocycles. The van der Waals surface area contributed by atoms with Crippen LogP contribution in [-0.2, 0) is 14.6 Å². The Morgan fingerprint density at radius 1 is 1.04 bits per heavy atom. The number of esters is 1. The minimum atomic E-state index is -3.66. The van der Waals surface area contributed by atoms with Crippen molar-refractivity contribution in [3.63, 3.8) is 0 Å². The Morgan fingerprint density at radius 2 is 1.67 bits per heavy atom. The van der Waals surface area contributed by atoms with E-state index in [1.807, 2.05) is 6.92 Å². The minimum Gasteiger partial charge on any atom is -0.462 e. The number of imidazole rings is 1. The summed E-state index contributed by atoms with van der Waals surface area (Å²) >= 11 is 0. The molecule has 0 fully saturated rings. The van der Waals surface area contributed by atoms with Crippen molar-refractivity contribution < 1.29 is 17.9 Å². The molecular weight excluding hydrogens is 364 g/mol. The van der Waals surface area contributed by atoms with E-state index >= 15 is 0 Å². The molecule has 27 heavy (non-hydrogen) atoms. The van der Waals surface area contributed by atoms with Gasteiger partial charge in [-0.05, 0) is 55.0 Å². The van der Waals surface area contributed by atoms with E-state index < -0.39 is 15.8 Å². The molecule has 0 radical (unpaired) electrons. The molecule has 3 rings (SSSR count). The second kappa shape index (κ2) is 8.18. The van der Waals surface area contributed by atoms with Crippen molar-refractivity contribution in [2.75, 3.05) is 6.61 Å². The third kappa shape index (κ3) is 4.25. The van der Waals surface area contributed by atoms with Crippen molar-refractivity contribution in [1.29, 1.82) is 0 Å². The maximum Gasteiger partial charge on any atom is 0.338 e. The molecule has 0 aliphatic rings. The summed E-state index contributed by atoms with van der Waals surface area (Å²) in [6.45, 7) is 2.37. The molecule has 0 bridgehead atoms. The molecule has 0 atom stereocenters. The summed E-state index contributed by atoms with van der Waals surface area (Å²) in [4.78, 5) is 16.2. The van der Waals surface area contributed by atoms with Gasteiger partial charge in [-0.15, -0.1) is 0 Å². The zero-order valence-corrected chi connectivity index (χ0v) is 15.7. The molecule has 6 nitrogen and oxygen atoms in total. The van der Waals surface area contributed by atoms with Crippen molar-refractivity contribution in [1.82, 2.24) is 9.55 Å². The number of carbonyl (C=O) groups is 1. The van der Waals surface area contributed by atoms with Gasteiger partial charge < -0.3 is 9.30 Å². The highest BCUT2D eigenvalue weighted by Crippen LogP contribution is 2.22. The Bertz CT molecular complexity index is 993. The van der Waals surface area contributed by atoms with E-state index in [2.05, 4.69) is 4.98 Å². The summed E-state index contributed by atoms with van der Waals surface area (Å²) in [7, 11) is -3.66. The summed E-state index contributed by atoms with van der Waals surface area (Å²) < 4.78 is 32.5. The first kappa shape index (κ1) is 18.8. The zero-order chi connectivity index (χ0) is 19.3. The summed E-state index contributed by atoms with van der Waals surface area (Å²) in [6.07, 6.45) is 6.81. The number of hydrogen-bond donors (Lipinski definition) is 0. The summed E-state index contributed by atoms with van der Waals surface area (Å²) in [5.41, 5.74) is 1.15.